The summed E-state index contributed by atoms with van der Waals surface area (Å²) >= 11 is 0. The van der Waals surface area contributed by atoms with E-state index in [2.05, 4.69) is 17.1 Å². The first-order valence-electron chi connectivity index (χ1n) is 6.43. The van der Waals surface area contributed by atoms with Crippen molar-refractivity contribution in [3.05, 3.63) is 0 Å². The molecule has 1 N–H and O–H groups in total. The second-order valence-corrected chi connectivity index (χ2v) is 5.64. The van der Waals surface area contributed by atoms with Crippen molar-refractivity contribution in [1.82, 2.24) is 10.2 Å². The zero-order valence-electron chi connectivity index (χ0n) is 11.8. The predicted octanol–water partition coefficient (Wildman–Crippen LogP) is 1.26. The molecule has 0 heterocycles. The van der Waals surface area contributed by atoms with Crippen LogP contribution in [0.4, 0.5) is 0 Å². The van der Waals surface area contributed by atoms with Gasteiger partial charge >= 0.3 is 5.97 Å². The third-order valence-electron chi connectivity index (χ3n) is 3.93. The molecular formula is C13H26N2O2. The number of nitrogens with zero attached hydrogens (tertiary/aromatic N) is 1. The summed E-state index contributed by atoms with van der Waals surface area (Å²) in [5.74, 6) is -0.112. The molecule has 1 rings (SSSR count). The lowest BCUT2D eigenvalue weighted by Gasteiger charge is -2.35. The average molecular weight is 242 g/mol. The number of likely N-dealkylation sites (N-methyl/N-ethyl adjacent to an activating group) is 1. The van der Waals surface area contributed by atoms with Gasteiger partial charge in [0.05, 0.1) is 6.61 Å². The molecule has 100 valence electrons. The zero-order valence-corrected chi connectivity index (χ0v) is 11.8. The Labute approximate surface area is 105 Å². The van der Waals surface area contributed by atoms with Crippen LogP contribution in [0.1, 0.15) is 33.6 Å². The lowest BCUT2D eigenvalue weighted by atomic mass is 9.83. The van der Waals surface area contributed by atoms with E-state index in [1.54, 1.807) is 0 Å². The minimum atomic E-state index is -0.543. The fourth-order valence-electron chi connectivity index (χ4n) is 2.02. The van der Waals surface area contributed by atoms with Crippen LogP contribution in [-0.4, -0.2) is 50.2 Å². The molecule has 0 amide bonds. The SMILES string of the molecule is CCOC(=O)C(C)(NCCN(C)C)C1(C)CC1. The van der Waals surface area contributed by atoms with E-state index < -0.39 is 5.54 Å². The fraction of sp³-hybridized carbons (Fsp3) is 0.923. The summed E-state index contributed by atoms with van der Waals surface area (Å²) in [5, 5.41) is 3.40. The quantitative estimate of drug-likeness (QED) is 0.682. The monoisotopic (exact) mass is 242 g/mol. The highest BCUT2D eigenvalue weighted by Crippen LogP contribution is 2.53. The highest BCUT2D eigenvalue weighted by atomic mass is 16.5. The van der Waals surface area contributed by atoms with Crippen molar-refractivity contribution < 1.29 is 9.53 Å². The number of carbonyl (C=O) groups excluding carboxylic acids is 1. The van der Waals surface area contributed by atoms with Crippen LogP contribution in [0.3, 0.4) is 0 Å². The predicted molar refractivity (Wildman–Crippen MR) is 68.9 cm³/mol. The fourth-order valence-corrected chi connectivity index (χ4v) is 2.02. The van der Waals surface area contributed by atoms with E-state index in [9.17, 15) is 4.79 Å². The highest BCUT2D eigenvalue weighted by Gasteiger charge is 2.57. The van der Waals surface area contributed by atoms with Gasteiger partial charge in [-0.3, -0.25) is 4.79 Å². The second kappa shape index (κ2) is 5.36. The van der Waals surface area contributed by atoms with E-state index >= 15 is 0 Å². The zero-order chi connectivity index (χ0) is 13.1. The summed E-state index contributed by atoms with van der Waals surface area (Å²) in [7, 11) is 4.06. The largest absolute Gasteiger partial charge is 0.465 e. The Hall–Kier alpha value is -0.610. The van der Waals surface area contributed by atoms with Crippen LogP contribution >= 0.6 is 0 Å². The van der Waals surface area contributed by atoms with Crippen LogP contribution in [0, 0.1) is 5.41 Å². The van der Waals surface area contributed by atoms with Gasteiger partial charge in [-0.1, -0.05) is 6.92 Å². The minimum absolute atomic E-state index is 0.0611. The van der Waals surface area contributed by atoms with Gasteiger partial charge in [-0.25, -0.2) is 0 Å². The van der Waals surface area contributed by atoms with Crippen molar-refractivity contribution in [2.75, 3.05) is 33.8 Å². The summed E-state index contributed by atoms with van der Waals surface area (Å²) in [6.45, 7) is 8.16. The van der Waals surface area contributed by atoms with E-state index in [1.165, 1.54) is 0 Å². The van der Waals surface area contributed by atoms with Gasteiger partial charge < -0.3 is 15.0 Å². The van der Waals surface area contributed by atoms with Crippen molar-refractivity contribution >= 4 is 5.97 Å². The maximum absolute atomic E-state index is 12.1. The van der Waals surface area contributed by atoms with Gasteiger partial charge in [0, 0.05) is 13.1 Å². The number of rotatable bonds is 7. The van der Waals surface area contributed by atoms with Gasteiger partial charge in [0.2, 0.25) is 0 Å². The molecule has 0 aliphatic heterocycles. The molecular weight excluding hydrogens is 216 g/mol. The van der Waals surface area contributed by atoms with Crippen molar-refractivity contribution in [2.24, 2.45) is 5.41 Å². The van der Waals surface area contributed by atoms with Crippen molar-refractivity contribution in [2.45, 2.75) is 39.2 Å². The Morgan fingerprint density at radius 2 is 2.06 bits per heavy atom. The maximum atomic E-state index is 12.1. The number of nitrogens with one attached hydrogen (secondary N) is 1. The Morgan fingerprint density at radius 3 is 2.47 bits per heavy atom. The Morgan fingerprint density at radius 1 is 1.47 bits per heavy atom. The van der Waals surface area contributed by atoms with E-state index in [1.807, 2.05) is 27.9 Å². The Bertz CT molecular complexity index is 275. The molecule has 0 saturated heterocycles. The number of carbonyl (C=O) groups is 1. The van der Waals surface area contributed by atoms with E-state index in [4.69, 9.17) is 4.74 Å². The summed E-state index contributed by atoms with van der Waals surface area (Å²) in [6, 6.07) is 0. The van der Waals surface area contributed by atoms with E-state index in [0.717, 1.165) is 25.9 Å². The molecule has 0 aromatic carbocycles. The summed E-state index contributed by atoms with van der Waals surface area (Å²) < 4.78 is 5.22. The molecule has 1 aliphatic carbocycles. The molecule has 0 radical (unpaired) electrons. The maximum Gasteiger partial charge on any atom is 0.326 e. The number of hydrogen-bond acceptors (Lipinski definition) is 4. The van der Waals surface area contributed by atoms with E-state index in [0.29, 0.717) is 6.61 Å². The normalized spacial score (nSPS) is 21.1. The molecule has 0 bridgehead atoms. The first kappa shape index (κ1) is 14.5. The third-order valence-corrected chi connectivity index (χ3v) is 3.93. The molecule has 0 aromatic rings. The van der Waals surface area contributed by atoms with Crippen LogP contribution < -0.4 is 5.32 Å². The van der Waals surface area contributed by atoms with Crippen LogP contribution in [0.25, 0.3) is 0 Å². The molecule has 4 nitrogen and oxygen atoms in total. The molecule has 1 saturated carbocycles. The topological polar surface area (TPSA) is 41.6 Å². The third kappa shape index (κ3) is 3.19. The lowest BCUT2D eigenvalue weighted by molar-refractivity contribution is -0.153. The van der Waals surface area contributed by atoms with Crippen LogP contribution in [-0.2, 0) is 9.53 Å². The molecule has 4 heteroatoms. The average Bonchev–Trinajstić information content (AvgIpc) is 2.97. The second-order valence-electron chi connectivity index (χ2n) is 5.64. The minimum Gasteiger partial charge on any atom is -0.465 e. The Balaban J connectivity index is 2.63. The van der Waals surface area contributed by atoms with Gasteiger partial charge in [-0.2, -0.15) is 0 Å². The van der Waals surface area contributed by atoms with Crippen molar-refractivity contribution in [3.63, 3.8) is 0 Å². The standard InChI is InChI=1S/C13H26N2O2/c1-6-17-11(16)13(3,12(2)7-8-12)14-9-10-15(4)5/h14H,6-10H2,1-5H3. The molecule has 0 spiro atoms. The smallest absolute Gasteiger partial charge is 0.326 e. The molecule has 1 aliphatic rings. The number of esters is 1. The summed E-state index contributed by atoms with van der Waals surface area (Å²) in [6.07, 6.45) is 2.19. The molecule has 1 unspecified atom stereocenters. The Kier molecular flexibility index (Phi) is 4.55. The first-order valence-corrected chi connectivity index (χ1v) is 6.43. The van der Waals surface area contributed by atoms with Gasteiger partial charge in [-0.15, -0.1) is 0 Å². The summed E-state index contributed by atoms with van der Waals surface area (Å²) in [4.78, 5) is 14.2. The van der Waals surface area contributed by atoms with Crippen LogP contribution in [0.15, 0.2) is 0 Å². The first-order chi connectivity index (χ1) is 7.85. The van der Waals surface area contributed by atoms with E-state index in [-0.39, 0.29) is 11.4 Å². The van der Waals surface area contributed by atoms with Gasteiger partial charge in [-0.05, 0) is 46.2 Å². The molecule has 17 heavy (non-hydrogen) atoms. The van der Waals surface area contributed by atoms with Gasteiger partial charge in [0.15, 0.2) is 0 Å². The molecule has 0 aromatic heterocycles. The molecule has 1 atom stereocenters. The van der Waals surface area contributed by atoms with Gasteiger partial charge in [0.1, 0.15) is 5.54 Å². The lowest BCUT2D eigenvalue weighted by Crippen LogP contribution is -2.57. The van der Waals surface area contributed by atoms with Crippen molar-refractivity contribution in [1.29, 1.82) is 0 Å². The molecule has 1 fully saturated rings. The van der Waals surface area contributed by atoms with Crippen molar-refractivity contribution in [3.8, 4) is 0 Å². The number of hydrogen-bond donors (Lipinski definition) is 1. The number of ether oxygens (including phenoxy) is 1. The van der Waals surface area contributed by atoms with Crippen LogP contribution in [0.2, 0.25) is 0 Å². The summed E-state index contributed by atoms with van der Waals surface area (Å²) in [5.41, 5.74) is -0.482. The van der Waals surface area contributed by atoms with Gasteiger partial charge in [0.25, 0.3) is 0 Å². The highest BCUT2D eigenvalue weighted by molar-refractivity contribution is 5.82. The van der Waals surface area contributed by atoms with Crippen LogP contribution in [0.5, 0.6) is 0 Å².